The summed E-state index contributed by atoms with van der Waals surface area (Å²) in [7, 11) is 0. The van der Waals surface area contributed by atoms with Gasteiger partial charge >= 0.3 is 0 Å². The Labute approximate surface area is 114 Å². The zero-order valence-electron chi connectivity index (χ0n) is 10.6. The second-order valence-corrected chi connectivity index (χ2v) is 5.02. The van der Waals surface area contributed by atoms with Gasteiger partial charge in [0.2, 0.25) is 0 Å². The molecule has 1 N–H and O–H groups in total. The number of hydrogen-bond donors (Lipinski definition) is 1. The van der Waals surface area contributed by atoms with Crippen molar-refractivity contribution in [1.29, 1.82) is 0 Å². The van der Waals surface area contributed by atoms with Crippen LogP contribution in [0.25, 0.3) is 0 Å². The number of rotatable bonds is 2. The Morgan fingerprint density at radius 1 is 1.35 bits per heavy atom. The van der Waals surface area contributed by atoms with Crippen LogP contribution in [-0.4, -0.2) is 29.1 Å². The van der Waals surface area contributed by atoms with Crippen LogP contribution in [0.15, 0.2) is 24.3 Å². The van der Waals surface area contributed by atoms with E-state index in [2.05, 4.69) is 24.8 Å². The number of likely N-dealkylation sites (tertiary alicyclic amines) is 1. The third-order valence-corrected chi connectivity index (χ3v) is 3.52. The highest BCUT2D eigenvalue weighted by Crippen LogP contribution is 2.29. The molecule has 1 aromatic rings. The Morgan fingerprint density at radius 2 is 2.12 bits per heavy atom. The van der Waals surface area contributed by atoms with Crippen LogP contribution in [0.3, 0.4) is 0 Å². The van der Waals surface area contributed by atoms with Gasteiger partial charge in [-0.15, -0.1) is 17.0 Å². The van der Waals surface area contributed by atoms with Crippen LogP contribution in [0.4, 0.5) is 0 Å². The van der Waals surface area contributed by atoms with Crippen molar-refractivity contribution in [2.45, 2.75) is 38.6 Å². The van der Waals surface area contributed by atoms with Crippen molar-refractivity contribution in [2.24, 2.45) is 0 Å². The fourth-order valence-corrected chi connectivity index (χ4v) is 2.53. The largest absolute Gasteiger partial charge is 0.508 e. The average molecular weight is 300 g/mol. The molecule has 1 aliphatic rings. The molecule has 1 fully saturated rings. The van der Waals surface area contributed by atoms with E-state index in [9.17, 15) is 5.11 Å². The summed E-state index contributed by atoms with van der Waals surface area (Å²) in [4.78, 5) is 2.53. The highest BCUT2D eigenvalue weighted by Gasteiger charge is 2.22. The zero-order chi connectivity index (χ0) is 11.5. The quantitative estimate of drug-likeness (QED) is 0.903. The van der Waals surface area contributed by atoms with Gasteiger partial charge in [0.1, 0.15) is 5.75 Å². The van der Waals surface area contributed by atoms with Gasteiger partial charge in [0.15, 0.2) is 0 Å². The van der Waals surface area contributed by atoms with Gasteiger partial charge in [0.25, 0.3) is 0 Å². The van der Waals surface area contributed by atoms with Crippen LogP contribution in [0, 0.1) is 0 Å². The predicted molar refractivity (Wildman–Crippen MR) is 77.1 cm³/mol. The lowest BCUT2D eigenvalue weighted by Crippen LogP contribution is -2.39. The van der Waals surface area contributed by atoms with Crippen LogP contribution < -0.4 is 0 Å². The minimum atomic E-state index is 0. The number of hydrogen-bond acceptors (Lipinski definition) is 2. The maximum Gasteiger partial charge on any atom is 0.115 e. The normalized spacial score (nSPS) is 21.2. The van der Waals surface area contributed by atoms with Gasteiger partial charge in [-0.1, -0.05) is 12.1 Å². The Balaban J connectivity index is 0.00000144. The van der Waals surface area contributed by atoms with E-state index in [0.717, 1.165) is 6.54 Å². The molecule has 0 saturated carbocycles. The number of piperidine rings is 1. The molecule has 0 spiro atoms. The lowest BCUT2D eigenvalue weighted by Gasteiger charge is -2.35. The number of phenolic OH excluding ortho intramolecular Hbond substituents is 1. The molecule has 1 unspecified atom stereocenters. The summed E-state index contributed by atoms with van der Waals surface area (Å²) in [5.74, 6) is 0.974. The molecule has 1 heterocycles. The molecular weight excluding hydrogens is 278 g/mol. The number of halogens is 1. The van der Waals surface area contributed by atoms with Crippen LogP contribution >= 0.6 is 17.0 Å². The summed E-state index contributed by atoms with van der Waals surface area (Å²) >= 11 is 0. The Kier molecular flexibility index (Phi) is 5.47. The molecule has 1 atom stereocenters. The van der Waals surface area contributed by atoms with Crippen molar-refractivity contribution >= 4 is 17.0 Å². The standard InChI is InChI=1S/C14H21NO.BrH/c1-11(2)15-8-4-6-13(10-15)12-5-3-7-14(16)9-12;/h3,5,7,9,11,13,16H,4,6,8,10H2,1-2H3;1H. The maximum absolute atomic E-state index is 9.51. The number of phenols is 1. The van der Waals surface area contributed by atoms with Gasteiger partial charge < -0.3 is 10.0 Å². The van der Waals surface area contributed by atoms with Crippen molar-refractivity contribution < 1.29 is 5.11 Å². The van der Waals surface area contributed by atoms with Crippen LogP contribution in [0.1, 0.15) is 38.2 Å². The van der Waals surface area contributed by atoms with Gasteiger partial charge in [-0.2, -0.15) is 0 Å². The monoisotopic (exact) mass is 299 g/mol. The highest BCUT2D eigenvalue weighted by molar-refractivity contribution is 8.93. The van der Waals surface area contributed by atoms with E-state index in [1.54, 1.807) is 6.07 Å². The average Bonchev–Trinajstić information content (AvgIpc) is 2.29. The van der Waals surface area contributed by atoms with E-state index in [-0.39, 0.29) is 17.0 Å². The molecule has 1 saturated heterocycles. The van der Waals surface area contributed by atoms with E-state index >= 15 is 0 Å². The first-order valence-corrected chi connectivity index (χ1v) is 6.20. The smallest absolute Gasteiger partial charge is 0.115 e. The third-order valence-electron chi connectivity index (χ3n) is 3.52. The first kappa shape index (κ1) is 14.5. The zero-order valence-corrected chi connectivity index (χ0v) is 12.3. The van der Waals surface area contributed by atoms with E-state index in [0.29, 0.717) is 17.7 Å². The fraction of sp³-hybridized carbons (Fsp3) is 0.571. The summed E-state index contributed by atoms with van der Waals surface area (Å²) in [6, 6.07) is 8.36. The van der Waals surface area contributed by atoms with Crippen molar-refractivity contribution in [2.75, 3.05) is 13.1 Å². The Bertz CT molecular complexity index is 354. The molecule has 1 aromatic carbocycles. The predicted octanol–water partition coefficient (Wildman–Crippen LogP) is 3.56. The minimum absolute atomic E-state index is 0. The molecule has 3 heteroatoms. The summed E-state index contributed by atoms with van der Waals surface area (Å²) in [5, 5.41) is 9.51. The van der Waals surface area contributed by atoms with Crippen LogP contribution in [-0.2, 0) is 0 Å². The van der Waals surface area contributed by atoms with Gasteiger partial charge in [0.05, 0.1) is 0 Å². The van der Waals surface area contributed by atoms with E-state index in [1.165, 1.54) is 24.9 Å². The Morgan fingerprint density at radius 3 is 2.76 bits per heavy atom. The van der Waals surface area contributed by atoms with Crippen molar-refractivity contribution in [3.8, 4) is 5.75 Å². The lowest BCUT2D eigenvalue weighted by molar-refractivity contribution is 0.167. The molecule has 2 nitrogen and oxygen atoms in total. The van der Waals surface area contributed by atoms with Crippen molar-refractivity contribution in [3.05, 3.63) is 29.8 Å². The number of benzene rings is 1. The SMILES string of the molecule is Br.CC(C)N1CCCC(c2cccc(O)c2)C1. The molecule has 0 aromatic heterocycles. The molecule has 17 heavy (non-hydrogen) atoms. The highest BCUT2D eigenvalue weighted by atomic mass is 79.9. The van der Waals surface area contributed by atoms with Gasteiger partial charge in [-0.05, 0) is 56.8 Å². The van der Waals surface area contributed by atoms with E-state index in [4.69, 9.17) is 0 Å². The summed E-state index contributed by atoms with van der Waals surface area (Å²) in [6.07, 6.45) is 2.51. The number of nitrogens with zero attached hydrogens (tertiary/aromatic N) is 1. The molecule has 96 valence electrons. The molecular formula is C14H22BrNO. The second kappa shape index (κ2) is 6.41. The van der Waals surface area contributed by atoms with Crippen molar-refractivity contribution in [3.63, 3.8) is 0 Å². The molecule has 0 bridgehead atoms. The van der Waals surface area contributed by atoms with Gasteiger partial charge in [-0.3, -0.25) is 0 Å². The topological polar surface area (TPSA) is 23.5 Å². The van der Waals surface area contributed by atoms with Gasteiger partial charge in [0, 0.05) is 12.6 Å². The van der Waals surface area contributed by atoms with Crippen LogP contribution in [0.2, 0.25) is 0 Å². The molecule has 0 radical (unpaired) electrons. The summed E-state index contributed by atoms with van der Waals surface area (Å²) in [6.45, 7) is 6.85. The van der Waals surface area contributed by atoms with E-state index in [1.807, 2.05) is 12.1 Å². The lowest BCUT2D eigenvalue weighted by atomic mass is 9.90. The fourth-order valence-electron chi connectivity index (χ4n) is 2.53. The summed E-state index contributed by atoms with van der Waals surface area (Å²) < 4.78 is 0. The third kappa shape index (κ3) is 3.71. The number of aromatic hydroxyl groups is 1. The molecule has 1 aliphatic heterocycles. The molecule has 2 rings (SSSR count). The van der Waals surface area contributed by atoms with Crippen LogP contribution in [0.5, 0.6) is 5.75 Å². The first-order chi connectivity index (χ1) is 7.66. The van der Waals surface area contributed by atoms with Gasteiger partial charge in [-0.25, -0.2) is 0 Å². The second-order valence-electron chi connectivity index (χ2n) is 5.02. The van der Waals surface area contributed by atoms with E-state index < -0.39 is 0 Å². The molecule has 0 aliphatic carbocycles. The minimum Gasteiger partial charge on any atom is -0.508 e. The molecule has 0 amide bonds. The summed E-state index contributed by atoms with van der Waals surface area (Å²) in [5.41, 5.74) is 1.28. The van der Waals surface area contributed by atoms with Crippen molar-refractivity contribution in [1.82, 2.24) is 4.90 Å². The maximum atomic E-state index is 9.51. The Hall–Kier alpha value is -0.540. The first-order valence-electron chi connectivity index (χ1n) is 6.20.